The topological polar surface area (TPSA) is 90.5 Å². The van der Waals surface area contributed by atoms with Gasteiger partial charge in [0, 0.05) is 55.5 Å². The van der Waals surface area contributed by atoms with Crippen molar-refractivity contribution in [3.63, 3.8) is 0 Å². The minimum Gasteiger partial charge on any atom is -0.337 e. The van der Waals surface area contributed by atoms with Crippen LogP contribution < -0.4 is 15.5 Å². The highest BCUT2D eigenvalue weighted by molar-refractivity contribution is 6.04. The second-order valence-corrected chi connectivity index (χ2v) is 7.79. The first-order valence-corrected chi connectivity index (χ1v) is 10.6. The van der Waals surface area contributed by atoms with Crippen molar-refractivity contribution in [1.29, 1.82) is 0 Å². The van der Waals surface area contributed by atoms with Gasteiger partial charge in [0.25, 0.3) is 5.91 Å². The van der Waals surface area contributed by atoms with Gasteiger partial charge in [-0.2, -0.15) is 0 Å². The highest BCUT2D eigenvalue weighted by Crippen LogP contribution is 2.18. The average molecular weight is 431 g/mol. The maximum Gasteiger partial charge on any atom is 0.321 e. The van der Waals surface area contributed by atoms with Crippen LogP contribution in [0.2, 0.25) is 0 Å². The minimum absolute atomic E-state index is 0.170. The number of carbonyl (C=O) groups excluding carboxylic acids is 2. The van der Waals surface area contributed by atoms with Gasteiger partial charge in [0.1, 0.15) is 0 Å². The Labute approximate surface area is 187 Å². The van der Waals surface area contributed by atoms with E-state index in [1.807, 2.05) is 32.0 Å². The summed E-state index contributed by atoms with van der Waals surface area (Å²) < 4.78 is 0. The smallest absolute Gasteiger partial charge is 0.321 e. The molecule has 0 aliphatic carbocycles. The van der Waals surface area contributed by atoms with Gasteiger partial charge in [0.15, 0.2) is 0 Å². The number of aryl methyl sites for hydroxylation is 2. The maximum absolute atomic E-state index is 12.7. The number of aromatic nitrogens is 2. The van der Waals surface area contributed by atoms with E-state index in [9.17, 15) is 9.59 Å². The van der Waals surface area contributed by atoms with Crippen molar-refractivity contribution in [1.82, 2.24) is 14.9 Å². The van der Waals surface area contributed by atoms with Crippen LogP contribution in [-0.4, -0.2) is 53.0 Å². The Kier molecular flexibility index (Phi) is 6.30. The Bertz CT molecular complexity index is 1110. The number of rotatable bonds is 4. The summed E-state index contributed by atoms with van der Waals surface area (Å²) in [6, 6.07) is 14.4. The number of amides is 3. The second kappa shape index (κ2) is 9.47. The van der Waals surface area contributed by atoms with Crippen LogP contribution in [0, 0.1) is 13.8 Å². The quantitative estimate of drug-likeness (QED) is 0.659. The van der Waals surface area contributed by atoms with Crippen molar-refractivity contribution in [3.05, 3.63) is 77.6 Å². The summed E-state index contributed by atoms with van der Waals surface area (Å²) in [5.74, 6) is 0.496. The number of benzene rings is 2. The molecule has 164 valence electrons. The molecule has 1 aromatic heterocycles. The van der Waals surface area contributed by atoms with Crippen molar-refractivity contribution >= 4 is 29.3 Å². The third-order valence-electron chi connectivity index (χ3n) is 5.54. The predicted molar refractivity (Wildman–Crippen MR) is 125 cm³/mol. The Morgan fingerprint density at radius 1 is 0.812 bits per heavy atom. The standard InChI is InChI=1S/C24H26N6O2/c1-17-7-8-19(15-18(17)2)22(31)27-20-5-3-6-21(16-20)28-24(32)30-13-11-29(12-14-30)23-25-9-4-10-26-23/h3-10,15-16H,11-14H2,1-2H3,(H,27,31)(H,28,32). The molecule has 1 fully saturated rings. The molecule has 2 heterocycles. The number of piperazine rings is 1. The third-order valence-corrected chi connectivity index (χ3v) is 5.54. The van der Waals surface area contributed by atoms with Crippen LogP contribution in [0.1, 0.15) is 21.5 Å². The van der Waals surface area contributed by atoms with Crippen LogP contribution in [0.3, 0.4) is 0 Å². The largest absolute Gasteiger partial charge is 0.337 e. The summed E-state index contributed by atoms with van der Waals surface area (Å²) in [7, 11) is 0. The summed E-state index contributed by atoms with van der Waals surface area (Å²) in [5, 5.41) is 5.82. The lowest BCUT2D eigenvalue weighted by Crippen LogP contribution is -2.50. The molecule has 3 aromatic rings. The fraction of sp³-hybridized carbons (Fsp3) is 0.250. The summed E-state index contributed by atoms with van der Waals surface area (Å²) in [4.78, 5) is 37.7. The van der Waals surface area contributed by atoms with Crippen LogP contribution in [0.4, 0.5) is 22.1 Å². The maximum atomic E-state index is 12.7. The highest BCUT2D eigenvalue weighted by atomic mass is 16.2. The van der Waals surface area contributed by atoms with Crippen molar-refractivity contribution in [2.75, 3.05) is 41.7 Å². The van der Waals surface area contributed by atoms with Gasteiger partial charge in [0.2, 0.25) is 5.95 Å². The number of nitrogens with one attached hydrogen (secondary N) is 2. The number of hydrogen-bond donors (Lipinski definition) is 2. The van der Waals surface area contributed by atoms with Gasteiger partial charge in [-0.25, -0.2) is 14.8 Å². The van der Waals surface area contributed by atoms with E-state index in [0.717, 1.165) is 11.1 Å². The van der Waals surface area contributed by atoms with Crippen molar-refractivity contribution in [3.8, 4) is 0 Å². The van der Waals surface area contributed by atoms with Gasteiger partial charge < -0.3 is 20.4 Å². The molecule has 1 aliphatic rings. The Balaban J connectivity index is 1.34. The first-order valence-electron chi connectivity index (χ1n) is 10.6. The van der Waals surface area contributed by atoms with Crippen molar-refractivity contribution in [2.24, 2.45) is 0 Å². The molecule has 4 rings (SSSR count). The first kappa shape index (κ1) is 21.3. The van der Waals surface area contributed by atoms with E-state index < -0.39 is 0 Å². The number of carbonyl (C=O) groups is 2. The monoisotopic (exact) mass is 430 g/mol. The second-order valence-electron chi connectivity index (χ2n) is 7.79. The van der Waals surface area contributed by atoms with E-state index >= 15 is 0 Å². The zero-order chi connectivity index (χ0) is 22.5. The van der Waals surface area contributed by atoms with Gasteiger partial charge in [-0.1, -0.05) is 12.1 Å². The lowest BCUT2D eigenvalue weighted by atomic mass is 10.1. The molecule has 0 bridgehead atoms. The van der Waals surface area contributed by atoms with Gasteiger partial charge in [0.05, 0.1) is 0 Å². The summed E-state index contributed by atoms with van der Waals surface area (Å²) in [5.41, 5.74) is 4.06. The van der Waals surface area contributed by atoms with E-state index in [0.29, 0.717) is 49.1 Å². The molecule has 1 aliphatic heterocycles. The lowest BCUT2D eigenvalue weighted by Gasteiger charge is -2.34. The zero-order valence-corrected chi connectivity index (χ0v) is 18.2. The Morgan fingerprint density at radius 3 is 2.19 bits per heavy atom. The van der Waals surface area contributed by atoms with Gasteiger partial charge >= 0.3 is 6.03 Å². The van der Waals surface area contributed by atoms with E-state index in [-0.39, 0.29) is 11.9 Å². The van der Waals surface area contributed by atoms with E-state index in [1.54, 1.807) is 47.6 Å². The highest BCUT2D eigenvalue weighted by Gasteiger charge is 2.22. The number of anilines is 3. The van der Waals surface area contributed by atoms with Crippen molar-refractivity contribution < 1.29 is 9.59 Å². The molecular formula is C24H26N6O2. The van der Waals surface area contributed by atoms with E-state index in [4.69, 9.17) is 0 Å². The van der Waals surface area contributed by atoms with E-state index in [1.165, 1.54) is 0 Å². The zero-order valence-electron chi connectivity index (χ0n) is 18.2. The summed E-state index contributed by atoms with van der Waals surface area (Å²) in [6.07, 6.45) is 3.43. The van der Waals surface area contributed by atoms with Gasteiger partial charge in [-0.3, -0.25) is 4.79 Å². The normalized spacial score (nSPS) is 13.6. The van der Waals surface area contributed by atoms with Crippen LogP contribution in [-0.2, 0) is 0 Å². The number of nitrogens with zero attached hydrogens (tertiary/aromatic N) is 4. The molecule has 0 spiro atoms. The fourth-order valence-corrected chi connectivity index (χ4v) is 3.53. The molecule has 0 atom stereocenters. The molecule has 32 heavy (non-hydrogen) atoms. The minimum atomic E-state index is -0.184. The number of hydrogen-bond acceptors (Lipinski definition) is 5. The SMILES string of the molecule is Cc1ccc(C(=O)Nc2cccc(NC(=O)N3CCN(c4ncccn4)CC3)c2)cc1C. The molecule has 0 saturated carbocycles. The van der Waals surface area contributed by atoms with Crippen LogP contribution in [0.15, 0.2) is 60.9 Å². The lowest BCUT2D eigenvalue weighted by molar-refractivity contribution is 0.102. The Morgan fingerprint density at radius 2 is 1.50 bits per heavy atom. The summed E-state index contributed by atoms with van der Waals surface area (Å²) in [6.45, 7) is 6.49. The van der Waals surface area contributed by atoms with Crippen LogP contribution in [0.5, 0.6) is 0 Å². The van der Waals surface area contributed by atoms with Gasteiger partial charge in [-0.15, -0.1) is 0 Å². The van der Waals surface area contributed by atoms with Crippen LogP contribution >= 0.6 is 0 Å². The van der Waals surface area contributed by atoms with Gasteiger partial charge in [-0.05, 0) is 61.4 Å². The molecule has 2 aromatic carbocycles. The Hall–Kier alpha value is -3.94. The number of urea groups is 1. The van der Waals surface area contributed by atoms with Crippen molar-refractivity contribution in [2.45, 2.75) is 13.8 Å². The van der Waals surface area contributed by atoms with Crippen LogP contribution in [0.25, 0.3) is 0 Å². The molecule has 3 amide bonds. The first-order chi connectivity index (χ1) is 15.5. The molecule has 2 N–H and O–H groups in total. The molecule has 1 saturated heterocycles. The molecule has 0 unspecified atom stereocenters. The van der Waals surface area contributed by atoms with E-state index in [2.05, 4.69) is 25.5 Å². The molecule has 8 nitrogen and oxygen atoms in total. The third kappa shape index (κ3) is 5.03. The fourth-order valence-electron chi connectivity index (χ4n) is 3.53. The average Bonchev–Trinajstić information content (AvgIpc) is 2.81. The summed E-state index contributed by atoms with van der Waals surface area (Å²) >= 11 is 0. The predicted octanol–water partition coefficient (Wildman–Crippen LogP) is 3.70. The molecule has 8 heteroatoms. The molecule has 0 radical (unpaired) electrons. The molecular weight excluding hydrogens is 404 g/mol.